The predicted octanol–water partition coefficient (Wildman–Crippen LogP) is -1.75. The molecule has 82 valence electrons. The van der Waals surface area contributed by atoms with Crippen molar-refractivity contribution >= 4 is 11.8 Å². The van der Waals surface area contributed by atoms with Gasteiger partial charge in [0.15, 0.2) is 0 Å². The topological polar surface area (TPSA) is 87.7 Å². The summed E-state index contributed by atoms with van der Waals surface area (Å²) in [5.74, 6) is -0.389. The summed E-state index contributed by atoms with van der Waals surface area (Å²) in [5, 5.41) is 13.4. The van der Waals surface area contributed by atoms with E-state index in [2.05, 4.69) is 10.6 Å². The smallest absolute Gasteiger partial charge is 0.246 e. The maximum atomic E-state index is 10.9. The van der Waals surface area contributed by atoms with Crippen molar-refractivity contribution in [1.29, 1.82) is 0 Å². The van der Waals surface area contributed by atoms with Gasteiger partial charge < -0.3 is 20.5 Å². The van der Waals surface area contributed by atoms with Gasteiger partial charge in [0.1, 0.15) is 6.61 Å². The van der Waals surface area contributed by atoms with E-state index < -0.39 is 0 Å². The zero-order chi connectivity index (χ0) is 10.8. The number of amides is 2. The molecule has 0 aromatic carbocycles. The molecule has 6 nitrogen and oxygen atoms in total. The number of rotatable bonds is 7. The molecular formula is C8H16N2O4. The Morgan fingerprint density at radius 3 is 2.50 bits per heavy atom. The van der Waals surface area contributed by atoms with Crippen LogP contribution in [-0.2, 0) is 14.3 Å². The monoisotopic (exact) mass is 204 g/mol. The molecule has 3 N–H and O–H groups in total. The van der Waals surface area contributed by atoms with Crippen molar-refractivity contribution < 1.29 is 19.4 Å². The molecular weight excluding hydrogens is 188 g/mol. The highest BCUT2D eigenvalue weighted by Crippen LogP contribution is 1.73. The van der Waals surface area contributed by atoms with E-state index in [0.717, 1.165) is 0 Å². The fourth-order valence-electron chi connectivity index (χ4n) is 0.721. The van der Waals surface area contributed by atoms with Gasteiger partial charge in [-0.1, -0.05) is 0 Å². The van der Waals surface area contributed by atoms with Crippen LogP contribution < -0.4 is 10.6 Å². The third-order valence-electron chi connectivity index (χ3n) is 1.29. The van der Waals surface area contributed by atoms with Gasteiger partial charge in [-0.3, -0.25) is 9.59 Å². The number of hydrogen-bond acceptors (Lipinski definition) is 4. The average Bonchev–Trinajstić information content (AvgIpc) is 2.13. The van der Waals surface area contributed by atoms with Gasteiger partial charge in [0.2, 0.25) is 11.8 Å². The molecule has 0 saturated carbocycles. The Hall–Kier alpha value is -1.14. The largest absolute Gasteiger partial charge is 0.394 e. The number of nitrogens with one attached hydrogen (secondary N) is 2. The highest BCUT2D eigenvalue weighted by molar-refractivity contribution is 5.77. The lowest BCUT2D eigenvalue weighted by atomic mass is 10.5. The Bertz CT molecular complexity index is 184. The molecule has 6 heteroatoms. The minimum Gasteiger partial charge on any atom is -0.394 e. The molecule has 0 saturated heterocycles. The molecule has 0 atom stereocenters. The van der Waals surface area contributed by atoms with Gasteiger partial charge in [-0.05, 0) is 0 Å². The number of hydrogen-bond donors (Lipinski definition) is 3. The zero-order valence-corrected chi connectivity index (χ0v) is 8.21. The van der Waals surface area contributed by atoms with E-state index in [1.54, 1.807) is 0 Å². The molecule has 0 fully saturated rings. The van der Waals surface area contributed by atoms with Crippen LogP contribution in [0.5, 0.6) is 0 Å². The first-order valence-corrected chi connectivity index (χ1v) is 4.36. The van der Waals surface area contributed by atoms with Crippen LogP contribution in [0.25, 0.3) is 0 Å². The van der Waals surface area contributed by atoms with Crippen molar-refractivity contribution in [1.82, 2.24) is 10.6 Å². The van der Waals surface area contributed by atoms with Gasteiger partial charge >= 0.3 is 0 Å². The maximum Gasteiger partial charge on any atom is 0.246 e. The van der Waals surface area contributed by atoms with Crippen LogP contribution in [0, 0.1) is 0 Å². The first-order chi connectivity index (χ1) is 6.66. The normalized spacial score (nSPS) is 9.57. The van der Waals surface area contributed by atoms with Crippen LogP contribution in [0.3, 0.4) is 0 Å². The lowest BCUT2D eigenvalue weighted by molar-refractivity contribution is -0.126. The van der Waals surface area contributed by atoms with Crippen LogP contribution in [0.15, 0.2) is 0 Å². The van der Waals surface area contributed by atoms with Crippen molar-refractivity contribution in [2.24, 2.45) is 0 Å². The molecule has 0 radical (unpaired) electrons. The summed E-state index contributed by atoms with van der Waals surface area (Å²) in [6, 6.07) is 0. The Balaban J connectivity index is 3.22. The summed E-state index contributed by atoms with van der Waals surface area (Å²) in [5.41, 5.74) is 0. The molecule has 0 aromatic rings. The molecule has 0 unspecified atom stereocenters. The average molecular weight is 204 g/mol. The second-order valence-corrected chi connectivity index (χ2v) is 2.61. The quantitative estimate of drug-likeness (QED) is 0.429. The Labute approximate surface area is 82.6 Å². The summed E-state index contributed by atoms with van der Waals surface area (Å²) in [4.78, 5) is 21.4. The second-order valence-electron chi connectivity index (χ2n) is 2.61. The first-order valence-electron chi connectivity index (χ1n) is 4.36. The Morgan fingerprint density at radius 1 is 1.29 bits per heavy atom. The lowest BCUT2D eigenvalue weighted by Crippen LogP contribution is -2.35. The molecule has 0 aliphatic rings. The Morgan fingerprint density at radius 2 is 1.93 bits per heavy atom. The van der Waals surface area contributed by atoms with Crippen molar-refractivity contribution in [3.63, 3.8) is 0 Å². The van der Waals surface area contributed by atoms with Gasteiger partial charge in [-0.2, -0.15) is 0 Å². The summed E-state index contributed by atoms with van der Waals surface area (Å²) >= 11 is 0. The zero-order valence-electron chi connectivity index (χ0n) is 8.21. The summed E-state index contributed by atoms with van der Waals surface area (Å²) in [7, 11) is 0. The summed E-state index contributed by atoms with van der Waals surface area (Å²) in [6.45, 7) is 2.17. The summed E-state index contributed by atoms with van der Waals surface area (Å²) in [6.07, 6.45) is 0. The number of carbonyl (C=O) groups excluding carboxylic acids is 2. The van der Waals surface area contributed by atoms with E-state index in [0.29, 0.717) is 13.1 Å². The molecule has 0 heterocycles. The molecule has 0 bridgehead atoms. The Kier molecular flexibility index (Phi) is 7.77. The van der Waals surface area contributed by atoms with Gasteiger partial charge in [0, 0.05) is 20.0 Å². The van der Waals surface area contributed by atoms with E-state index in [4.69, 9.17) is 9.84 Å². The molecule has 0 rings (SSSR count). The van der Waals surface area contributed by atoms with Crippen LogP contribution in [0.4, 0.5) is 0 Å². The highest BCUT2D eigenvalue weighted by Gasteiger charge is 1.99. The van der Waals surface area contributed by atoms with Crippen LogP contribution in [0.1, 0.15) is 6.92 Å². The second kappa shape index (κ2) is 8.46. The van der Waals surface area contributed by atoms with Crippen molar-refractivity contribution in [3.8, 4) is 0 Å². The van der Waals surface area contributed by atoms with Gasteiger partial charge in [0.05, 0.1) is 13.2 Å². The molecule has 0 aliphatic heterocycles. The minimum atomic E-state index is -0.260. The van der Waals surface area contributed by atoms with Gasteiger partial charge in [-0.25, -0.2) is 0 Å². The molecule has 0 aromatic heterocycles. The fraction of sp³-hybridized carbons (Fsp3) is 0.750. The van der Waals surface area contributed by atoms with E-state index in [9.17, 15) is 9.59 Å². The number of carbonyl (C=O) groups is 2. The van der Waals surface area contributed by atoms with Crippen LogP contribution in [0.2, 0.25) is 0 Å². The van der Waals surface area contributed by atoms with Crippen molar-refractivity contribution in [2.75, 3.05) is 32.9 Å². The number of ether oxygens (including phenoxy) is 1. The van der Waals surface area contributed by atoms with E-state index in [1.807, 2.05) is 0 Å². The van der Waals surface area contributed by atoms with E-state index in [-0.39, 0.29) is 31.6 Å². The van der Waals surface area contributed by atoms with Crippen LogP contribution >= 0.6 is 0 Å². The van der Waals surface area contributed by atoms with Gasteiger partial charge in [0.25, 0.3) is 0 Å². The van der Waals surface area contributed by atoms with Crippen molar-refractivity contribution in [3.05, 3.63) is 0 Å². The third kappa shape index (κ3) is 8.95. The van der Waals surface area contributed by atoms with E-state index >= 15 is 0 Å². The molecule has 2 amide bonds. The highest BCUT2D eigenvalue weighted by atomic mass is 16.5. The third-order valence-corrected chi connectivity index (χ3v) is 1.29. The number of aliphatic hydroxyl groups is 1. The molecule has 0 aliphatic carbocycles. The van der Waals surface area contributed by atoms with E-state index in [1.165, 1.54) is 6.92 Å². The standard InChI is InChI=1S/C8H16N2O4/c1-7(12)9-2-3-10-8(13)6-14-5-4-11/h11H,2-6H2,1H3,(H,9,12)(H,10,13). The van der Waals surface area contributed by atoms with Crippen LogP contribution in [-0.4, -0.2) is 49.8 Å². The summed E-state index contributed by atoms with van der Waals surface area (Å²) < 4.78 is 4.77. The predicted molar refractivity (Wildman–Crippen MR) is 49.6 cm³/mol. The van der Waals surface area contributed by atoms with Crippen molar-refractivity contribution in [2.45, 2.75) is 6.92 Å². The first kappa shape index (κ1) is 12.9. The fourth-order valence-corrected chi connectivity index (χ4v) is 0.721. The SMILES string of the molecule is CC(=O)NCCNC(=O)COCCO. The lowest BCUT2D eigenvalue weighted by Gasteiger charge is -2.05. The molecule has 0 spiro atoms. The number of aliphatic hydroxyl groups excluding tert-OH is 1. The molecule has 14 heavy (non-hydrogen) atoms. The van der Waals surface area contributed by atoms with Gasteiger partial charge in [-0.15, -0.1) is 0 Å². The minimum absolute atomic E-state index is 0.0688. The maximum absolute atomic E-state index is 10.9.